The van der Waals surface area contributed by atoms with Crippen molar-refractivity contribution >= 4 is 0 Å². The van der Waals surface area contributed by atoms with Crippen LogP contribution in [-0.4, -0.2) is 27.9 Å². The molecule has 0 atom stereocenters. The van der Waals surface area contributed by atoms with E-state index >= 15 is 0 Å². The van der Waals surface area contributed by atoms with Crippen LogP contribution in [0, 0.1) is 19.8 Å². The molecule has 4 heteroatoms. The first-order valence-corrected chi connectivity index (χ1v) is 6.68. The number of hydrogen-bond donors (Lipinski definition) is 1. The Balaban J connectivity index is 2.03. The summed E-state index contributed by atoms with van der Waals surface area (Å²) in [5.41, 5.74) is 0. The lowest BCUT2D eigenvalue weighted by Gasteiger charge is -2.07. The normalized spacial score (nSPS) is 11.4. The van der Waals surface area contributed by atoms with Gasteiger partial charge in [-0.1, -0.05) is 20.3 Å². The molecule has 0 bridgehead atoms. The van der Waals surface area contributed by atoms with Gasteiger partial charge in [0.2, 0.25) is 0 Å². The van der Waals surface area contributed by atoms with Crippen molar-refractivity contribution in [2.24, 2.45) is 5.92 Å². The highest BCUT2D eigenvalue weighted by Gasteiger charge is 2.01. The summed E-state index contributed by atoms with van der Waals surface area (Å²) < 4.78 is 2.01. The van der Waals surface area contributed by atoms with Crippen LogP contribution in [0.5, 0.6) is 0 Å². The largest absolute Gasteiger partial charge is 0.316 e. The first-order valence-electron chi connectivity index (χ1n) is 6.68. The summed E-state index contributed by atoms with van der Waals surface area (Å²) in [7, 11) is 0. The van der Waals surface area contributed by atoms with Crippen LogP contribution < -0.4 is 5.32 Å². The molecule has 0 radical (unpaired) electrons. The molecule has 1 aromatic heterocycles. The number of aromatic nitrogens is 3. The van der Waals surface area contributed by atoms with Gasteiger partial charge in [-0.2, -0.15) is 5.10 Å². The Bertz CT molecular complexity index is 317. The summed E-state index contributed by atoms with van der Waals surface area (Å²) in [6.45, 7) is 11.7. The predicted octanol–water partition coefficient (Wildman–Crippen LogP) is 2.31. The minimum Gasteiger partial charge on any atom is -0.316 e. The van der Waals surface area contributed by atoms with Crippen molar-refractivity contribution < 1.29 is 0 Å². The molecule has 1 aromatic rings. The molecule has 0 aromatic carbocycles. The Hall–Kier alpha value is -0.900. The second-order valence-corrected chi connectivity index (χ2v) is 5.09. The lowest BCUT2D eigenvalue weighted by Crippen LogP contribution is -2.20. The molecular formula is C13H26N4. The Morgan fingerprint density at radius 3 is 2.53 bits per heavy atom. The molecule has 0 spiro atoms. The van der Waals surface area contributed by atoms with Crippen LogP contribution in [0.2, 0.25) is 0 Å². The molecule has 0 saturated heterocycles. The molecule has 0 aliphatic rings. The number of unbranched alkanes of at least 4 members (excludes halogenated alkanes) is 2. The standard InChI is InChI=1S/C13H26N4/c1-11(2)10-14-8-6-5-7-9-17-13(4)15-12(3)16-17/h11,14H,5-10H2,1-4H3. The Morgan fingerprint density at radius 1 is 1.18 bits per heavy atom. The molecule has 0 fully saturated rings. The van der Waals surface area contributed by atoms with Crippen LogP contribution >= 0.6 is 0 Å². The fourth-order valence-electron chi connectivity index (χ4n) is 1.85. The van der Waals surface area contributed by atoms with Gasteiger partial charge in [0.25, 0.3) is 0 Å². The molecule has 1 rings (SSSR count). The first-order chi connectivity index (χ1) is 8.09. The number of nitrogens with zero attached hydrogens (tertiary/aromatic N) is 3. The maximum Gasteiger partial charge on any atom is 0.147 e. The van der Waals surface area contributed by atoms with Gasteiger partial charge in [-0.05, 0) is 45.7 Å². The van der Waals surface area contributed by atoms with E-state index in [1.54, 1.807) is 0 Å². The molecule has 0 amide bonds. The van der Waals surface area contributed by atoms with E-state index in [-0.39, 0.29) is 0 Å². The zero-order valence-electron chi connectivity index (χ0n) is 11.7. The number of rotatable bonds is 8. The van der Waals surface area contributed by atoms with Gasteiger partial charge in [-0.15, -0.1) is 0 Å². The minimum atomic E-state index is 0.746. The van der Waals surface area contributed by atoms with Gasteiger partial charge in [0.15, 0.2) is 0 Å². The van der Waals surface area contributed by atoms with Crippen molar-refractivity contribution in [3.05, 3.63) is 11.6 Å². The topological polar surface area (TPSA) is 42.7 Å². The third-order valence-electron chi connectivity index (χ3n) is 2.74. The zero-order chi connectivity index (χ0) is 12.7. The predicted molar refractivity (Wildman–Crippen MR) is 71.1 cm³/mol. The second-order valence-electron chi connectivity index (χ2n) is 5.09. The zero-order valence-corrected chi connectivity index (χ0v) is 11.7. The van der Waals surface area contributed by atoms with Crippen molar-refractivity contribution in [1.29, 1.82) is 0 Å². The first kappa shape index (κ1) is 14.2. The van der Waals surface area contributed by atoms with E-state index in [2.05, 4.69) is 29.2 Å². The quantitative estimate of drug-likeness (QED) is 0.707. The third-order valence-corrected chi connectivity index (χ3v) is 2.74. The highest BCUT2D eigenvalue weighted by Crippen LogP contribution is 2.01. The molecule has 17 heavy (non-hydrogen) atoms. The molecule has 98 valence electrons. The molecule has 4 nitrogen and oxygen atoms in total. The van der Waals surface area contributed by atoms with Crippen molar-refractivity contribution in [3.8, 4) is 0 Å². The van der Waals surface area contributed by atoms with E-state index in [0.717, 1.165) is 37.2 Å². The lowest BCUT2D eigenvalue weighted by atomic mass is 10.2. The van der Waals surface area contributed by atoms with E-state index in [1.807, 2.05) is 18.5 Å². The van der Waals surface area contributed by atoms with Crippen LogP contribution in [0.4, 0.5) is 0 Å². The molecule has 0 saturated carbocycles. The smallest absolute Gasteiger partial charge is 0.147 e. The van der Waals surface area contributed by atoms with Crippen LogP contribution in [0.15, 0.2) is 0 Å². The minimum absolute atomic E-state index is 0.746. The highest BCUT2D eigenvalue weighted by molar-refractivity contribution is 4.87. The summed E-state index contributed by atoms with van der Waals surface area (Å²) in [6, 6.07) is 0. The Labute approximate surface area is 105 Å². The maximum atomic E-state index is 4.36. The fraction of sp³-hybridized carbons (Fsp3) is 0.846. The van der Waals surface area contributed by atoms with Crippen molar-refractivity contribution in [2.75, 3.05) is 13.1 Å². The maximum absolute atomic E-state index is 4.36. The Kier molecular flexibility index (Phi) is 6.19. The molecule has 0 aliphatic heterocycles. The van der Waals surface area contributed by atoms with Gasteiger partial charge in [0.05, 0.1) is 0 Å². The fourth-order valence-corrected chi connectivity index (χ4v) is 1.85. The number of hydrogen-bond acceptors (Lipinski definition) is 3. The van der Waals surface area contributed by atoms with Gasteiger partial charge < -0.3 is 5.32 Å². The molecule has 1 heterocycles. The van der Waals surface area contributed by atoms with Gasteiger partial charge in [-0.25, -0.2) is 4.98 Å². The second kappa shape index (κ2) is 7.43. The molecular weight excluding hydrogens is 212 g/mol. The number of nitrogens with one attached hydrogen (secondary N) is 1. The van der Waals surface area contributed by atoms with Gasteiger partial charge in [0.1, 0.15) is 11.6 Å². The van der Waals surface area contributed by atoms with Gasteiger partial charge in [0, 0.05) is 6.54 Å². The van der Waals surface area contributed by atoms with E-state index < -0.39 is 0 Å². The van der Waals surface area contributed by atoms with E-state index in [9.17, 15) is 0 Å². The highest BCUT2D eigenvalue weighted by atomic mass is 15.3. The van der Waals surface area contributed by atoms with Crippen LogP contribution in [0.25, 0.3) is 0 Å². The summed E-state index contributed by atoms with van der Waals surface area (Å²) >= 11 is 0. The summed E-state index contributed by atoms with van der Waals surface area (Å²) in [4.78, 5) is 4.30. The monoisotopic (exact) mass is 238 g/mol. The van der Waals surface area contributed by atoms with Gasteiger partial charge >= 0.3 is 0 Å². The lowest BCUT2D eigenvalue weighted by molar-refractivity contribution is 0.500. The summed E-state index contributed by atoms with van der Waals surface area (Å²) in [6.07, 6.45) is 3.69. The van der Waals surface area contributed by atoms with Crippen LogP contribution in [0.1, 0.15) is 44.8 Å². The summed E-state index contributed by atoms with van der Waals surface area (Å²) in [5.74, 6) is 2.65. The third kappa shape index (κ3) is 5.82. The average Bonchev–Trinajstić information content (AvgIpc) is 2.55. The van der Waals surface area contributed by atoms with Crippen molar-refractivity contribution in [3.63, 3.8) is 0 Å². The van der Waals surface area contributed by atoms with Crippen LogP contribution in [-0.2, 0) is 6.54 Å². The molecule has 0 aliphatic carbocycles. The number of aryl methyl sites for hydroxylation is 3. The van der Waals surface area contributed by atoms with Crippen LogP contribution in [0.3, 0.4) is 0 Å². The van der Waals surface area contributed by atoms with E-state index in [4.69, 9.17) is 0 Å². The molecule has 0 unspecified atom stereocenters. The van der Waals surface area contributed by atoms with Gasteiger partial charge in [-0.3, -0.25) is 4.68 Å². The van der Waals surface area contributed by atoms with Crippen molar-refractivity contribution in [1.82, 2.24) is 20.1 Å². The SMILES string of the molecule is Cc1nc(C)n(CCCCCNCC(C)C)n1. The average molecular weight is 238 g/mol. The van der Waals surface area contributed by atoms with Crippen molar-refractivity contribution in [2.45, 2.75) is 53.5 Å². The molecule has 1 N–H and O–H groups in total. The summed E-state index contributed by atoms with van der Waals surface area (Å²) in [5, 5.41) is 7.82. The van der Waals surface area contributed by atoms with E-state index in [1.165, 1.54) is 19.3 Å². The van der Waals surface area contributed by atoms with E-state index in [0.29, 0.717) is 0 Å². The Morgan fingerprint density at radius 2 is 1.94 bits per heavy atom.